The van der Waals surface area contributed by atoms with Crippen LogP contribution >= 0.6 is 11.6 Å². The molecule has 2 N–H and O–H groups in total. The summed E-state index contributed by atoms with van der Waals surface area (Å²) in [6.45, 7) is 1.54. The molecule has 0 unspecified atom stereocenters. The lowest BCUT2D eigenvalue weighted by atomic mass is 10.1. The van der Waals surface area contributed by atoms with Crippen molar-refractivity contribution in [3.8, 4) is 11.1 Å². The standard InChI is InChI=1S/C24H27ClN6O2/c1-29(2)16-27-31-15-18(17-3-5-19(25)6-4-17)13-22(31)24(33)28-20-7-8-23(26-14-20)30-11-9-21(32)10-12-30/h3-8,13-16,21,32H,9-12H2,1-2H3,(H,28,33)/b27-16+. The molecule has 2 aromatic heterocycles. The number of carbonyl (C=O) groups excluding carboxylic acids is 1. The first-order valence-corrected chi connectivity index (χ1v) is 11.2. The predicted molar refractivity (Wildman–Crippen MR) is 132 cm³/mol. The number of hydrogen-bond acceptors (Lipinski definition) is 5. The van der Waals surface area contributed by atoms with E-state index in [1.807, 2.05) is 56.7 Å². The van der Waals surface area contributed by atoms with Gasteiger partial charge in [0, 0.05) is 44.0 Å². The van der Waals surface area contributed by atoms with Gasteiger partial charge in [0.15, 0.2) is 0 Å². The number of aliphatic hydroxyl groups is 1. The molecule has 9 heteroatoms. The second-order valence-corrected chi connectivity index (χ2v) is 8.67. The van der Waals surface area contributed by atoms with Crippen molar-refractivity contribution in [2.75, 3.05) is 37.4 Å². The normalized spacial score (nSPS) is 14.6. The van der Waals surface area contributed by atoms with Crippen LogP contribution in [0.2, 0.25) is 5.02 Å². The molecule has 1 aromatic carbocycles. The van der Waals surface area contributed by atoms with E-state index >= 15 is 0 Å². The first kappa shape index (κ1) is 22.8. The lowest BCUT2D eigenvalue weighted by Gasteiger charge is -2.30. The average Bonchev–Trinajstić information content (AvgIpc) is 3.24. The zero-order valence-electron chi connectivity index (χ0n) is 18.6. The van der Waals surface area contributed by atoms with Gasteiger partial charge in [-0.25, -0.2) is 9.66 Å². The summed E-state index contributed by atoms with van der Waals surface area (Å²) in [7, 11) is 3.73. The van der Waals surface area contributed by atoms with Gasteiger partial charge >= 0.3 is 0 Å². The van der Waals surface area contributed by atoms with Crippen LogP contribution in [0.15, 0.2) is 60.0 Å². The van der Waals surface area contributed by atoms with Gasteiger partial charge in [-0.3, -0.25) is 4.79 Å². The van der Waals surface area contributed by atoms with Crippen molar-refractivity contribution in [3.05, 3.63) is 65.6 Å². The Morgan fingerprint density at radius 1 is 1.18 bits per heavy atom. The first-order chi connectivity index (χ1) is 15.9. The fourth-order valence-corrected chi connectivity index (χ4v) is 3.74. The highest BCUT2D eigenvalue weighted by Gasteiger charge is 2.19. The van der Waals surface area contributed by atoms with Crippen molar-refractivity contribution in [2.45, 2.75) is 18.9 Å². The smallest absolute Gasteiger partial charge is 0.274 e. The molecule has 0 spiro atoms. The van der Waals surface area contributed by atoms with E-state index in [-0.39, 0.29) is 12.0 Å². The number of halogens is 1. The van der Waals surface area contributed by atoms with E-state index in [2.05, 4.69) is 20.3 Å². The number of rotatable bonds is 6. The minimum absolute atomic E-state index is 0.232. The summed E-state index contributed by atoms with van der Waals surface area (Å²) in [6, 6.07) is 13.0. The lowest BCUT2D eigenvalue weighted by Crippen LogP contribution is -2.36. The van der Waals surface area contributed by atoms with Gasteiger partial charge in [0.25, 0.3) is 5.91 Å². The third-order valence-electron chi connectivity index (χ3n) is 5.41. The molecule has 0 radical (unpaired) electrons. The molecule has 1 aliphatic heterocycles. The van der Waals surface area contributed by atoms with Crippen LogP contribution in [-0.2, 0) is 0 Å². The maximum atomic E-state index is 13.1. The van der Waals surface area contributed by atoms with Crippen molar-refractivity contribution in [3.63, 3.8) is 0 Å². The predicted octanol–water partition coefficient (Wildman–Crippen LogP) is 3.77. The number of benzene rings is 1. The van der Waals surface area contributed by atoms with Crippen LogP contribution in [0, 0.1) is 0 Å². The lowest BCUT2D eigenvalue weighted by molar-refractivity contribution is 0.101. The van der Waals surface area contributed by atoms with E-state index in [0.717, 1.165) is 42.9 Å². The minimum Gasteiger partial charge on any atom is -0.393 e. The molecule has 1 fully saturated rings. The average molecular weight is 467 g/mol. The maximum absolute atomic E-state index is 13.1. The number of pyridine rings is 1. The van der Waals surface area contributed by atoms with Gasteiger partial charge < -0.3 is 20.2 Å². The number of amides is 1. The molecule has 172 valence electrons. The molecular formula is C24H27ClN6O2. The number of anilines is 2. The van der Waals surface area contributed by atoms with Crippen molar-refractivity contribution < 1.29 is 9.90 Å². The van der Waals surface area contributed by atoms with Crippen molar-refractivity contribution >= 4 is 35.4 Å². The quantitative estimate of drug-likeness (QED) is 0.426. The molecule has 0 saturated carbocycles. The molecule has 8 nitrogen and oxygen atoms in total. The molecule has 1 saturated heterocycles. The maximum Gasteiger partial charge on any atom is 0.274 e. The topological polar surface area (TPSA) is 86.0 Å². The van der Waals surface area contributed by atoms with Gasteiger partial charge in [-0.15, -0.1) is 0 Å². The largest absolute Gasteiger partial charge is 0.393 e. The zero-order valence-corrected chi connectivity index (χ0v) is 19.4. The van der Waals surface area contributed by atoms with Crippen LogP contribution in [0.25, 0.3) is 11.1 Å². The number of nitrogens with one attached hydrogen (secondary N) is 1. The second-order valence-electron chi connectivity index (χ2n) is 8.24. The van der Waals surface area contributed by atoms with Crippen LogP contribution < -0.4 is 10.2 Å². The molecule has 3 heterocycles. The molecule has 0 aliphatic carbocycles. The summed E-state index contributed by atoms with van der Waals surface area (Å²) < 4.78 is 1.56. The second kappa shape index (κ2) is 10.1. The van der Waals surface area contributed by atoms with E-state index in [1.54, 1.807) is 28.2 Å². The van der Waals surface area contributed by atoms with E-state index in [4.69, 9.17) is 11.6 Å². The van der Waals surface area contributed by atoms with Crippen LogP contribution in [0.3, 0.4) is 0 Å². The number of aromatic nitrogens is 2. The summed E-state index contributed by atoms with van der Waals surface area (Å²) in [4.78, 5) is 21.5. The third kappa shape index (κ3) is 5.71. The Balaban J connectivity index is 1.53. The molecule has 3 aromatic rings. The summed E-state index contributed by atoms with van der Waals surface area (Å²) in [5.41, 5.74) is 2.78. The number of nitrogens with zero attached hydrogens (tertiary/aromatic N) is 5. The zero-order chi connectivity index (χ0) is 23.4. The molecule has 0 atom stereocenters. The number of aliphatic hydroxyl groups excluding tert-OH is 1. The van der Waals surface area contributed by atoms with Crippen LogP contribution in [-0.4, -0.2) is 65.2 Å². The molecule has 33 heavy (non-hydrogen) atoms. The molecule has 0 bridgehead atoms. The molecule has 1 aliphatic rings. The van der Waals surface area contributed by atoms with Crippen LogP contribution in [0.5, 0.6) is 0 Å². The molecule has 4 rings (SSSR count). The highest BCUT2D eigenvalue weighted by Crippen LogP contribution is 2.25. The highest BCUT2D eigenvalue weighted by atomic mass is 35.5. The van der Waals surface area contributed by atoms with Crippen molar-refractivity contribution in [1.29, 1.82) is 0 Å². The SMILES string of the molecule is CN(C)/C=N/n1cc(-c2ccc(Cl)cc2)cc1C(=O)Nc1ccc(N2CCC(O)CC2)nc1. The summed E-state index contributed by atoms with van der Waals surface area (Å²) >= 11 is 6.01. The number of hydrogen-bond donors (Lipinski definition) is 2. The van der Waals surface area contributed by atoms with E-state index in [0.29, 0.717) is 16.4 Å². The molecular weight excluding hydrogens is 440 g/mol. The Morgan fingerprint density at radius 2 is 1.91 bits per heavy atom. The van der Waals surface area contributed by atoms with E-state index in [9.17, 15) is 9.90 Å². The van der Waals surface area contributed by atoms with Gasteiger partial charge in [-0.05, 0) is 48.7 Å². The Kier molecular flexibility index (Phi) is 6.96. The Bertz CT molecular complexity index is 1120. The summed E-state index contributed by atoms with van der Waals surface area (Å²) in [5, 5.41) is 17.6. The van der Waals surface area contributed by atoms with Gasteiger partial charge in [0.2, 0.25) is 0 Å². The molecule has 1 amide bonds. The summed E-state index contributed by atoms with van der Waals surface area (Å²) in [6.07, 6.45) is 6.33. The van der Waals surface area contributed by atoms with Gasteiger partial charge in [-0.1, -0.05) is 23.7 Å². The van der Waals surface area contributed by atoms with Crippen LogP contribution in [0.4, 0.5) is 11.5 Å². The monoisotopic (exact) mass is 466 g/mol. The number of carbonyl (C=O) groups is 1. The van der Waals surface area contributed by atoms with Crippen LogP contribution in [0.1, 0.15) is 23.3 Å². The fourth-order valence-electron chi connectivity index (χ4n) is 3.61. The van der Waals surface area contributed by atoms with Gasteiger partial charge in [0.05, 0.1) is 18.0 Å². The van der Waals surface area contributed by atoms with Gasteiger partial charge in [-0.2, -0.15) is 5.10 Å². The van der Waals surface area contributed by atoms with E-state index in [1.165, 1.54) is 0 Å². The Hall–Kier alpha value is -3.36. The first-order valence-electron chi connectivity index (χ1n) is 10.8. The van der Waals surface area contributed by atoms with Crippen molar-refractivity contribution in [2.24, 2.45) is 5.10 Å². The Labute approximate surface area is 198 Å². The minimum atomic E-state index is -0.290. The summed E-state index contributed by atoms with van der Waals surface area (Å²) in [5.74, 6) is 0.547. The number of piperidine rings is 1. The fraction of sp³-hybridized carbons (Fsp3) is 0.292. The van der Waals surface area contributed by atoms with Gasteiger partial charge in [0.1, 0.15) is 17.9 Å². The van der Waals surface area contributed by atoms with E-state index < -0.39 is 0 Å². The highest BCUT2D eigenvalue weighted by molar-refractivity contribution is 6.30. The van der Waals surface area contributed by atoms with Crippen molar-refractivity contribution in [1.82, 2.24) is 14.6 Å². The Morgan fingerprint density at radius 3 is 2.55 bits per heavy atom. The third-order valence-corrected chi connectivity index (χ3v) is 5.66.